The van der Waals surface area contributed by atoms with Crippen LogP contribution in [0.15, 0.2) is 30.5 Å². The van der Waals surface area contributed by atoms with Crippen LogP contribution in [0.4, 0.5) is 0 Å². The molecule has 0 saturated heterocycles. The number of rotatable bonds is 5. The fourth-order valence-corrected chi connectivity index (χ4v) is 3.05. The van der Waals surface area contributed by atoms with Gasteiger partial charge in [-0.1, -0.05) is 12.1 Å². The van der Waals surface area contributed by atoms with Gasteiger partial charge in [0, 0.05) is 11.1 Å². The Kier molecular flexibility index (Phi) is 3.53. The number of benzene rings is 1. The smallest absolute Gasteiger partial charge is 0.120 e. The standard InChI is InChI=1S/C15H18N2OS/c1-10-17-9-14(19-10)15(16-2)11-4-3-5-13(8-11)18-12-6-7-12/h3-5,8-9,12,15-16H,6-7H2,1-2H3. The van der Waals surface area contributed by atoms with Gasteiger partial charge in [-0.2, -0.15) is 0 Å². The highest BCUT2D eigenvalue weighted by atomic mass is 32.1. The van der Waals surface area contributed by atoms with Gasteiger partial charge in [-0.25, -0.2) is 4.98 Å². The Bertz CT molecular complexity index is 563. The molecule has 0 radical (unpaired) electrons. The third-order valence-electron chi connectivity index (χ3n) is 3.23. The van der Waals surface area contributed by atoms with Crippen molar-refractivity contribution >= 4 is 11.3 Å². The lowest BCUT2D eigenvalue weighted by atomic mass is 10.1. The lowest BCUT2D eigenvalue weighted by Gasteiger charge is -2.15. The highest BCUT2D eigenvalue weighted by molar-refractivity contribution is 7.11. The molecule has 0 aliphatic heterocycles. The van der Waals surface area contributed by atoms with Crippen LogP contribution in [0.3, 0.4) is 0 Å². The first-order valence-corrected chi connectivity index (χ1v) is 7.44. The van der Waals surface area contributed by atoms with Crippen LogP contribution in [0.25, 0.3) is 0 Å². The van der Waals surface area contributed by atoms with Crippen LogP contribution in [0.5, 0.6) is 5.75 Å². The van der Waals surface area contributed by atoms with Crippen LogP contribution in [-0.2, 0) is 0 Å². The zero-order valence-electron chi connectivity index (χ0n) is 11.2. The van der Waals surface area contributed by atoms with Crippen LogP contribution in [-0.4, -0.2) is 18.1 Å². The summed E-state index contributed by atoms with van der Waals surface area (Å²) in [5.74, 6) is 0.974. The molecule has 0 spiro atoms. The first-order valence-electron chi connectivity index (χ1n) is 6.62. The Morgan fingerprint density at radius 3 is 2.89 bits per heavy atom. The fourth-order valence-electron chi connectivity index (χ4n) is 2.13. The van der Waals surface area contributed by atoms with Crippen molar-refractivity contribution in [2.45, 2.75) is 31.9 Å². The number of hydrogen-bond donors (Lipinski definition) is 1. The van der Waals surface area contributed by atoms with E-state index in [0.717, 1.165) is 10.8 Å². The molecule has 3 nitrogen and oxygen atoms in total. The minimum absolute atomic E-state index is 0.189. The molecule has 100 valence electrons. The van der Waals surface area contributed by atoms with E-state index in [1.54, 1.807) is 11.3 Å². The van der Waals surface area contributed by atoms with Gasteiger partial charge in [0.1, 0.15) is 5.75 Å². The third kappa shape index (κ3) is 2.96. The van der Waals surface area contributed by atoms with Gasteiger partial charge in [0.05, 0.1) is 17.2 Å². The number of aryl methyl sites for hydroxylation is 1. The first kappa shape index (κ1) is 12.6. The van der Waals surface area contributed by atoms with Gasteiger partial charge in [0.15, 0.2) is 0 Å². The molecular weight excluding hydrogens is 256 g/mol. The molecule has 2 aromatic rings. The average molecular weight is 274 g/mol. The topological polar surface area (TPSA) is 34.1 Å². The van der Waals surface area contributed by atoms with Crippen LogP contribution in [0.1, 0.15) is 34.3 Å². The van der Waals surface area contributed by atoms with E-state index in [4.69, 9.17) is 4.74 Å². The van der Waals surface area contributed by atoms with Crippen LogP contribution in [0.2, 0.25) is 0 Å². The van der Waals surface area contributed by atoms with E-state index >= 15 is 0 Å². The second-order valence-corrected chi connectivity index (χ2v) is 6.16. The van der Waals surface area contributed by atoms with E-state index in [9.17, 15) is 0 Å². The number of nitrogens with one attached hydrogen (secondary N) is 1. The summed E-state index contributed by atoms with van der Waals surface area (Å²) in [7, 11) is 1.98. The van der Waals surface area contributed by atoms with Crippen molar-refractivity contribution in [2.75, 3.05) is 7.05 Å². The largest absolute Gasteiger partial charge is 0.490 e. The quantitative estimate of drug-likeness (QED) is 0.908. The van der Waals surface area contributed by atoms with Crippen molar-refractivity contribution in [3.63, 3.8) is 0 Å². The predicted octanol–water partition coefficient (Wildman–Crippen LogP) is 3.30. The number of ether oxygens (including phenoxy) is 1. The molecule has 1 atom stereocenters. The van der Waals surface area contributed by atoms with Crippen molar-refractivity contribution in [1.29, 1.82) is 0 Å². The number of aromatic nitrogens is 1. The highest BCUT2D eigenvalue weighted by Gasteiger charge is 2.24. The maximum atomic E-state index is 5.86. The molecule has 1 aromatic carbocycles. The van der Waals surface area contributed by atoms with Crippen LogP contribution >= 0.6 is 11.3 Å². The van der Waals surface area contributed by atoms with Gasteiger partial charge in [-0.05, 0) is 44.5 Å². The Morgan fingerprint density at radius 1 is 1.42 bits per heavy atom. The minimum Gasteiger partial charge on any atom is -0.490 e. The molecule has 4 heteroatoms. The Labute approximate surface area is 117 Å². The summed E-state index contributed by atoms with van der Waals surface area (Å²) in [5, 5.41) is 4.46. The summed E-state index contributed by atoms with van der Waals surface area (Å²) in [6.07, 6.45) is 4.77. The van der Waals surface area contributed by atoms with E-state index in [1.807, 2.05) is 26.2 Å². The van der Waals surface area contributed by atoms with E-state index in [0.29, 0.717) is 6.10 Å². The van der Waals surface area contributed by atoms with Gasteiger partial charge in [-0.3, -0.25) is 0 Å². The Hall–Kier alpha value is -1.39. The average Bonchev–Trinajstić information content (AvgIpc) is 3.12. The molecule has 1 saturated carbocycles. The number of thiazole rings is 1. The first-order chi connectivity index (χ1) is 9.26. The number of hydrogen-bond acceptors (Lipinski definition) is 4. The molecule has 1 aromatic heterocycles. The Balaban J connectivity index is 1.85. The zero-order valence-corrected chi connectivity index (χ0v) is 12.0. The summed E-state index contributed by atoms with van der Waals surface area (Å²) < 4.78 is 5.86. The van der Waals surface area contributed by atoms with Gasteiger partial charge in [-0.15, -0.1) is 11.3 Å². The molecule has 1 unspecified atom stereocenters. The number of nitrogens with zero attached hydrogens (tertiary/aromatic N) is 1. The van der Waals surface area contributed by atoms with E-state index in [2.05, 4.69) is 28.5 Å². The fraction of sp³-hybridized carbons (Fsp3) is 0.400. The molecule has 0 amide bonds. The molecule has 19 heavy (non-hydrogen) atoms. The molecule has 0 bridgehead atoms. The van der Waals surface area contributed by atoms with E-state index in [-0.39, 0.29) is 6.04 Å². The molecule has 1 aliphatic rings. The molecule has 3 rings (SSSR count). The summed E-state index contributed by atoms with van der Waals surface area (Å²) in [4.78, 5) is 5.58. The van der Waals surface area contributed by atoms with Crippen molar-refractivity contribution < 1.29 is 4.74 Å². The van der Waals surface area contributed by atoms with Crippen molar-refractivity contribution in [3.8, 4) is 5.75 Å². The van der Waals surface area contributed by atoms with E-state index in [1.165, 1.54) is 23.3 Å². The van der Waals surface area contributed by atoms with Gasteiger partial charge < -0.3 is 10.1 Å². The highest BCUT2D eigenvalue weighted by Crippen LogP contribution is 2.31. The Morgan fingerprint density at radius 2 is 2.26 bits per heavy atom. The van der Waals surface area contributed by atoms with Gasteiger partial charge in [0.25, 0.3) is 0 Å². The van der Waals surface area contributed by atoms with E-state index < -0.39 is 0 Å². The monoisotopic (exact) mass is 274 g/mol. The predicted molar refractivity (Wildman–Crippen MR) is 77.8 cm³/mol. The molecule has 1 heterocycles. The molecule has 1 N–H and O–H groups in total. The maximum absolute atomic E-state index is 5.86. The van der Waals surface area contributed by atoms with Gasteiger partial charge in [0.2, 0.25) is 0 Å². The molecule has 1 fully saturated rings. The lowest BCUT2D eigenvalue weighted by molar-refractivity contribution is 0.302. The second kappa shape index (κ2) is 5.31. The summed E-state index contributed by atoms with van der Waals surface area (Å²) >= 11 is 1.73. The SMILES string of the molecule is CNC(c1cccc(OC2CC2)c1)c1cnc(C)s1. The maximum Gasteiger partial charge on any atom is 0.120 e. The van der Waals surface area contributed by atoms with Crippen molar-refractivity contribution in [3.05, 3.63) is 45.9 Å². The summed E-state index contributed by atoms with van der Waals surface area (Å²) in [5.41, 5.74) is 1.23. The second-order valence-electron chi connectivity index (χ2n) is 4.89. The summed E-state index contributed by atoms with van der Waals surface area (Å²) in [6, 6.07) is 8.55. The lowest BCUT2D eigenvalue weighted by Crippen LogP contribution is -2.16. The minimum atomic E-state index is 0.189. The summed E-state index contributed by atoms with van der Waals surface area (Å²) in [6.45, 7) is 2.04. The molecule has 1 aliphatic carbocycles. The third-order valence-corrected chi connectivity index (χ3v) is 4.21. The zero-order chi connectivity index (χ0) is 13.2. The van der Waals surface area contributed by atoms with Crippen molar-refractivity contribution in [2.24, 2.45) is 0 Å². The van der Waals surface area contributed by atoms with Gasteiger partial charge >= 0.3 is 0 Å². The van der Waals surface area contributed by atoms with Crippen LogP contribution < -0.4 is 10.1 Å². The van der Waals surface area contributed by atoms with Crippen LogP contribution in [0, 0.1) is 6.92 Å². The normalized spacial score (nSPS) is 16.3. The van der Waals surface area contributed by atoms with Crippen molar-refractivity contribution in [1.82, 2.24) is 10.3 Å². The molecular formula is C15H18N2OS.